The summed E-state index contributed by atoms with van der Waals surface area (Å²) in [5.41, 5.74) is 3.90. The van der Waals surface area contributed by atoms with Crippen molar-refractivity contribution in [3.63, 3.8) is 0 Å². The summed E-state index contributed by atoms with van der Waals surface area (Å²) in [5.74, 6) is -0.222. The van der Waals surface area contributed by atoms with Crippen LogP contribution < -0.4 is 5.32 Å². The van der Waals surface area contributed by atoms with Crippen molar-refractivity contribution in [2.24, 2.45) is 0 Å². The third-order valence-corrected chi connectivity index (χ3v) is 4.74. The first kappa shape index (κ1) is 13.2. The molecule has 0 unspecified atom stereocenters. The second kappa shape index (κ2) is 5.35. The fourth-order valence-electron chi connectivity index (χ4n) is 2.66. The molecule has 2 aromatic heterocycles. The fourth-order valence-corrected chi connectivity index (χ4v) is 3.63. The molecule has 2 heterocycles. The van der Waals surface area contributed by atoms with E-state index in [0.717, 1.165) is 18.5 Å². The molecule has 0 radical (unpaired) electrons. The minimum Gasteiger partial charge on any atom is -0.296 e. The molecule has 1 aliphatic rings. The van der Waals surface area contributed by atoms with Gasteiger partial charge in [-0.3, -0.25) is 15.1 Å². The average molecular weight is 307 g/mol. The minimum absolute atomic E-state index is 0.222. The molecule has 3 aromatic rings. The molecule has 0 aliphatic heterocycles. The van der Waals surface area contributed by atoms with E-state index >= 15 is 0 Å². The Morgan fingerprint density at radius 2 is 1.95 bits per heavy atom. The summed E-state index contributed by atoms with van der Waals surface area (Å²) < 4.78 is 0. The van der Waals surface area contributed by atoms with Gasteiger partial charge in [-0.2, -0.15) is 0 Å². The lowest BCUT2D eigenvalue weighted by Crippen LogP contribution is -2.13. The van der Waals surface area contributed by atoms with Crippen molar-refractivity contribution in [3.05, 3.63) is 64.8 Å². The summed E-state index contributed by atoms with van der Waals surface area (Å²) in [6.45, 7) is 0. The van der Waals surface area contributed by atoms with Gasteiger partial charge in [0.15, 0.2) is 5.13 Å². The predicted molar refractivity (Wildman–Crippen MR) is 87.1 cm³/mol. The number of hydrogen-bond donors (Lipinski definition) is 1. The molecule has 4 rings (SSSR count). The van der Waals surface area contributed by atoms with Crippen molar-refractivity contribution >= 4 is 22.4 Å². The average Bonchev–Trinajstić information content (AvgIpc) is 2.98. The van der Waals surface area contributed by atoms with E-state index in [1.165, 1.54) is 16.0 Å². The number of nitrogens with zero attached hydrogens (tertiary/aromatic N) is 2. The monoisotopic (exact) mass is 307 g/mol. The molecular weight excluding hydrogens is 294 g/mol. The van der Waals surface area contributed by atoms with Crippen molar-refractivity contribution < 1.29 is 4.79 Å². The van der Waals surface area contributed by atoms with Gasteiger partial charge in [0.05, 0.1) is 5.69 Å². The third kappa shape index (κ3) is 2.29. The molecule has 108 valence electrons. The number of fused-ring (bicyclic) bond motifs is 3. The van der Waals surface area contributed by atoms with Crippen molar-refractivity contribution in [3.8, 4) is 11.3 Å². The number of aryl methyl sites for hydroxylation is 2. The number of amides is 1. The van der Waals surface area contributed by atoms with E-state index in [4.69, 9.17) is 0 Å². The summed E-state index contributed by atoms with van der Waals surface area (Å²) >= 11 is 1.55. The Kier molecular flexibility index (Phi) is 3.20. The highest BCUT2D eigenvalue weighted by molar-refractivity contribution is 7.16. The van der Waals surface area contributed by atoms with E-state index in [0.29, 0.717) is 10.8 Å². The standard InChI is InChI=1S/C17H13N3OS/c21-16(13-7-3-4-10-18-13)20-17-19-15-12-6-2-1-5-11(12)8-9-14(15)22-17/h1-7,10H,8-9H2,(H,19,20,21). The first-order valence-corrected chi connectivity index (χ1v) is 7.93. The van der Waals surface area contributed by atoms with Gasteiger partial charge in [0.2, 0.25) is 0 Å². The van der Waals surface area contributed by atoms with Crippen LogP contribution in [0.2, 0.25) is 0 Å². The Hall–Kier alpha value is -2.53. The molecule has 0 atom stereocenters. The van der Waals surface area contributed by atoms with Crippen LogP contribution in [0.3, 0.4) is 0 Å². The van der Waals surface area contributed by atoms with Gasteiger partial charge >= 0.3 is 0 Å². The van der Waals surface area contributed by atoms with Gasteiger partial charge in [-0.25, -0.2) is 4.98 Å². The predicted octanol–water partition coefficient (Wildman–Crippen LogP) is 3.56. The molecule has 1 amide bonds. The smallest absolute Gasteiger partial charge is 0.276 e. The van der Waals surface area contributed by atoms with Gasteiger partial charge in [0, 0.05) is 16.6 Å². The Labute approximate surface area is 131 Å². The zero-order valence-corrected chi connectivity index (χ0v) is 12.6. The van der Waals surface area contributed by atoms with Gasteiger partial charge in [0.1, 0.15) is 5.69 Å². The van der Waals surface area contributed by atoms with Crippen LogP contribution in [0.4, 0.5) is 5.13 Å². The number of aromatic nitrogens is 2. The zero-order valence-electron chi connectivity index (χ0n) is 11.7. The minimum atomic E-state index is -0.222. The lowest BCUT2D eigenvalue weighted by atomic mass is 9.94. The van der Waals surface area contributed by atoms with Crippen molar-refractivity contribution in [1.29, 1.82) is 0 Å². The van der Waals surface area contributed by atoms with Gasteiger partial charge in [-0.1, -0.05) is 30.3 Å². The van der Waals surface area contributed by atoms with Crippen LogP contribution in [-0.4, -0.2) is 15.9 Å². The zero-order chi connectivity index (χ0) is 14.9. The highest BCUT2D eigenvalue weighted by Gasteiger charge is 2.21. The highest BCUT2D eigenvalue weighted by atomic mass is 32.1. The molecule has 1 N–H and O–H groups in total. The molecule has 0 fully saturated rings. The molecule has 1 aliphatic carbocycles. The SMILES string of the molecule is O=C(Nc1nc2c(s1)CCc1ccccc1-2)c1ccccn1. The molecule has 1 aromatic carbocycles. The van der Waals surface area contributed by atoms with Crippen LogP contribution in [0.25, 0.3) is 11.3 Å². The lowest BCUT2D eigenvalue weighted by Gasteiger charge is -2.13. The van der Waals surface area contributed by atoms with Crippen LogP contribution in [0.15, 0.2) is 48.7 Å². The number of hydrogen-bond acceptors (Lipinski definition) is 4. The van der Waals surface area contributed by atoms with Crippen molar-refractivity contribution in [2.75, 3.05) is 5.32 Å². The number of nitrogens with one attached hydrogen (secondary N) is 1. The highest BCUT2D eigenvalue weighted by Crippen LogP contribution is 2.37. The van der Waals surface area contributed by atoms with Crippen LogP contribution >= 0.6 is 11.3 Å². The summed E-state index contributed by atoms with van der Waals surface area (Å²) in [5, 5.41) is 3.49. The maximum atomic E-state index is 12.2. The number of rotatable bonds is 2. The number of carbonyl (C=O) groups excluding carboxylic acids is 1. The van der Waals surface area contributed by atoms with Crippen LogP contribution in [0, 0.1) is 0 Å². The Bertz CT molecular complexity index is 842. The molecule has 22 heavy (non-hydrogen) atoms. The molecule has 0 saturated heterocycles. The summed E-state index contributed by atoms with van der Waals surface area (Å²) in [4.78, 5) is 22.1. The summed E-state index contributed by atoms with van der Waals surface area (Å²) in [6, 6.07) is 13.6. The lowest BCUT2D eigenvalue weighted by molar-refractivity contribution is 0.102. The van der Waals surface area contributed by atoms with E-state index in [1.807, 2.05) is 6.07 Å². The number of carbonyl (C=O) groups is 1. The molecule has 5 heteroatoms. The maximum Gasteiger partial charge on any atom is 0.276 e. The van der Waals surface area contributed by atoms with E-state index in [2.05, 4.69) is 33.5 Å². The normalized spacial score (nSPS) is 12.4. The van der Waals surface area contributed by atoms with Gasteiger partial charge in [-0.15, -0.1) is 11.3 Å². The number of benzene rings is 1. The second-order valence-electron chi connectivity index (χ2n) is 5.12. The molecule has 0 saturated carbocycles. The second-order valence-corrected chi connectivity index (χ2v) is 6.20. The van der Waals surface area contributed by atoms with Crippen LogP contribution in [-0.2, 0) is 12.8 Å². The molecule has 0 spiro atoms. The van der Waals surface area contributed by atoms with Crippen LogP contribution in [0.1, 0.15) is 20.9 Å². The topological polar surface area (TPSA) is 54.9 Å². The number of anilines is 1. The third-order valence-electron chi connectivity index (χ3n) is 3.71. The van der Waals surface area contributed by atoms with E-state index in [9.17, 15) is 4.79 Å². The summed E-state index contributed by atoms with van der Waals surface area (Å²) in [7, 11) is 0. The maximum absolute atomic E-state index is 12.2. The quantitative estimate of drug-likeness (QED) is 0.787. The molecular formula is C17H13N3OS. The van der Waals surface area contributed by atoms with Crippen molar-refractivity contribution in [1.82, 2.24) is 9.97 Å². The Morgan fingerprint density at radius 1 is 1.09 bits per heavy atom. The van der Waals surface area contributed by atoms with Crippen LogP contribution in [0.5, 0.6) is 0 Å². The Balaban J connectivity index is 1.64. The van der Waals surface area contributed by atoms with Gasteiger partial charge in [-0.05, 0) is 30.5 Å². The van der Waals surface area contributed by atoms with E-state index in [-0.39, 0.29) is 5.91 Å². The van der Waals surface area contributed by atoms with Gasteiger partial charge in [0.25, 0.3) is 5.91 Å². The molecule has 4 nitrogen and oxygen atoms in total. The molecule has 0 bridgehead atoms. The first-order valence-electron chi connectivity index (χ1n) is 7.11. The van der Waals surface area contributed by atoms with Crippen molar-refractivity contribution in [2.45, 2.75) is 12.8 Å². The number of pyridine rings is 1. The van der Waals surface area contributed by atoms with E-state index in [1.54, 1.807) is 35.7 Å². The number of thiazole rings is 1. The fraction of sp³-hybridized carbons (Fsp3) is 0.118. The Morgan fingerprint density at radius 3 is 2.82 bits per heavy atom. The largest absolute Gasteiger partial charge is 0.296 e. The first-order chi connectivity index (χ1) is 10.8. The summed E-state index contributed by atoms with van der Waals surface area (Å²) in [6.07, 6.45) is 3.61. The van der Waals surface area contributed by atoms with E-state index < -0.39 is 0 Å². The van der Waals surface area contributed by atoms with Gasteiger partial charge < -0.3 is 0 Å².